The number of Topliss-reactive ketones (excluding diaryl/α,β-unsaturated/α-hetero) is 1. The largest absolute Gasteiger partial charge is 0.367 e. The average molecular weight is 246 g/mol. The Bertz CT molecular complexity index is 399. The molecule has 0 amide bonds. The second-order valence-electron chi connectivity index (χ2n) is 5.06. The second kappa shape index (κ2) is 5.98. The van der Waals surface area contributed by atoms with E-state index >= 15 is 0 Å². The SMILES string of the molecule is CCC1CCCCCN1c1ccc(C(C)=O)nc1. The molecule has 0 saturated carbocycles. The summed E-state index contributed by atoms with van der Waals surface area (Å²) in [6.07, 6.45) is 8.20. The number of pyridine rings is 1. The van der Waals surface area contributed by atoms with E-state index < -0.39 is 0 Å². The minimum Gasteiger partial charge on any atom is -0.367 e. The number of carbonyl (C=O) groups is 1. The van der Waals surface area contributed by atoms with Crippen LogP contribution in [-0.2, 0) is 0 Å². The van der Waals surface area contributed by atoms with Crippen molar-refractivity contribution < 1.29 is 4.79 Å². The topological polar surface area (TPSA) is 33.2 Å². The number of carbonyl (C=O) groups excluding carboxylic acids is 1. The van der Waals surface area contributed by atoms with Crippen LogP contribution in [0, 0.1) is 0 Å². The number of rotatable bonds is 3. The van der Waals surface area contributed by atoms with E-state index in [-0.39, 0.29) is 5.78 Å². The van der Waals surface area contributed by atoms with Crippen LogP contribution < -0.4 is 4.90 Å². The van der Waals surface area contributed by atoms with Gasteiger partial charge in [-0.15, -0.1) is 0 Å². The Morgan fingerprint density at radius 2 is 2.22 bits per heavy atom. The number of anilines is 1. The van der Waals surface area contributed by atoms with Crippen molar-refractivity contribution >= 4 is 11.5 Å². The highest BCUT2D eigenvalue weighted by molar-refractivity contribution is 5.92. The van der Waals surface area contributed by atoms with Gasteiger partial charge >= 0.3 is 0 Å². The average Bonchev–Trinajstić information content (AvgIpc) is 2.63. The zero-order chi connectivity index (χ0) is 13.0. The molecule has 1 aromatic rings. The predicted molar refractivity (Wildman–Crippen MR) is 74.1 cm³/mol. The molecule has 2 rings (SSSR count). The van der Waals surface area contributed by atoms with E-state index in [1.165, 1.54) is 32.1 Å². The summed E-state index contributed by atoms with van der Waals surface area (Å²) in [6.45, 7) is 4.92. The zero-order valence-corrected chi connectivity index (χ0v) is 11.4. The Labute approximate surface area is 109 Å². The Kier molecular flexibility index (Phi) is 4.34. The Morgan fingerprint density at radius 1 is 1.39 bits per heavy atom. The van der Waals surface area contributed by atoms with Crippen LogP contribution in [0.2, 0.25) is 0 Å². The fraction of sp³-hybridized carbons (Fsp3) is 0.600. The maximum Gasteiger partial charge on any atom is 0.178 e. The number of hydrogen-bond acceptors (Lipinski definition) is 3. The van der Waals surface area contributed by atoms with Crippen molar-refractivity contribution in [1.29, 1.82) is 0 Å². The minimum atomic E-state index is 0.0319. The number of aromatic nitrogens is 1. The quantitative estimate of drug-likeness (QED) is 0.766. The molecule has 0 radical (unpaired) electrons. The lowest BCUT2D eigenvalue weighted by Gasteiger charge is -2.31. The van der Waals surface area contributed by atoms with Crippen molar-refractivity contribution in [2.24, 2.45) is 0 Å². The summed E-state index contributed by atoms with van der Waals surface area (Å²) in [4.78, 5) is 18.0. The highest BCUT2D eigenvalue weighted by atomic mass is 16.1. The lowest BCUT2D eigenvalue weighted by molar-refractivity contribution is 0.101. The third-order valence-electron chi connectivity index (χ3n) is 3.79. The molecule has 1 fully saturated rings. The van der Waals surface area contributed by atoms with Gasteiger partial charge in [0.1, 0.15) is 5.69 Å². The van der Waals surface area contributed by atoms with Gasteiger partial charge in [-0.3, -0.25) is 9.78 Å². The van der Waals surface area contributed by atoms with Crippen LogP contribution in [0.4, 0.5) is 5.69 Å². The molecule has 0 aliphatic carbocycles. The summed E-state index contributed by atoms with van der Waals surface area (Å²) in [7, 11) is 0. The Balaban J connectivity index is 2.19. The summed E-state index contributed by atoms with van der Waals surface area (Å²) in [5.74, 6) is 0.0319. The molecule has 2 heterocycles. The van der Waals surface area contributed by atoms with E-state index in [1.807, 2.05) is 18.3 Å². The van der Waals surface area contributed by atoms with Crippen molar-refractivity contribution in [3.8, 4) is 0 Å². The van der Waals surface area contributed by atoms with Crippen LogP contribution in [-0.4, -0.2) is 23.4 Å². The predicted octanol–water partition coefficient (Wildman–Crippen LogP) is 3.44. The van der Waals surface area contributed by atoms with Gasteiger partial charge in [0.25, 0.3) is 0 Å². The standard InChI is InChI=1S/C15H22N2O/c1-3-13-7-5-4-6-10-17(13)14-8-9-15(12(2)18)16-11-14/h8-9,11,13H,3-7,10H2,1-2H3. The first kappa shape index (κ1) is 13.1. The van der Waals surface area contributed by atoms with Gasteiger partial charge in [-0.2, -0.15) is 0 Å². The molecular formula is C15H22N2O. The van der Waals surface area contributed by atoms with Crippen LogP contribution in [0.25, 0.3) is 0 Å². The maximum atomic E-state index is 11.2. The molecule has 0 aromatic carbocycles. The second-order valence-corrected chi connectivity index (χ2v) is 5.06. The summed E-state index contributed by atoms with van der Waals surface area (Å²) >= 11 is 0. The van der Waals surface area contributed by atoms with Crippen molar-refractivity contribution in [2.45, 2.75) is 52.0 Å². The van der Waals surface area contributed by atoms with Gasteiger partial charge in [0.2, 0.25) is 0 Å². The third kappa shape index (κ3) is 2.89. The lowest BCUT2D eigenvalue weighted by Crippen LogP contribution is -2.34. The van der Waals surface area contributed by atoms with Crippen LogP contribution in [0.15, 0.2) is 18.3 Å². The van der Waals surface area contributed by atoms with Crippen molar-refractivity contribution in [3.63, 3.8) is 0 Å². The fourth-order valence-electron chi connectivity index (χ4n) is 2.71. The maximum absolute atomic E-state index is 11.2. The molecule has 1 aliphatic rings. The number of ketones is 1. The Hall–Kier alpha value is -1.38. The van der Waals surface area contributed by atoms with Gasteiger partial charge < -0.3 is 4.90 Å². The molecule has 1 saturated heterocycles. The van der Waals surface area contributed by atoms with Crippen molar-refractivity contribution in [3.05, 3.63) is 24.0 Å². The Morgan fingerprint density at radius 3 is 2.83 bits per heavy atom. The lowest BCUT2D eigenvalue weighted by atomic mass is 10.1. The van der Waals surface area contributed by atoms with Gasteiger partial charge in [0, 0.05) is 19.5 Å². The van der Waals surface area contributed by atoms with Gasteiger partial charge in [0.15, 0.2) is 5.78 Å². The van der Waals surface area contributed by atoms with E-state index in [0.29, 0.717) is 11.7 Å². The van der Waals surface area contributed by atoms with Crippen molar-refractivity contribution in [2.75, 3.05) is 11.4 Å². The first-order chi connectivity index (χ1) is 8.72. The highest BCUT2D eigenvalue weighted by Crippen LogP contribution is 2.25. The molecule has 18 heavy (non-hydrogen) atoms. The van der Waals surface area contributed by atoms with Gasteiger partial charge in [0.05, 0.1) is 11.9 Å². The molecule has 0 bridgehead atoms. The molecule has 1 aromatic heterocycles. The molecule has 1 unspecified atom stereocenters. The van der Waals surface area contributed by atoms with Crippen molar-refractivity contribution in [1.82, 2.24) is 4.98 Å². The van der Waals surface area contributed by atoms with Crippen LogP contribution in [0.5, 0.6) is 0 Å². The van der Waals surface area contributed by atoms with E-state index in [0.717, 1.165) is 12.2 Å². The van der Waals surface area contributed by atoms with Gasteiger partial charge in [-0.25, -0.2) is 0 Å². The smallest absolute Gasteiger partial charge is 0.178 e. The summed E-state index contributed by atoms with van der Waals surface area (Å²) in [5.41, 5.74) is 1.72. The minimum absolute atomic E-state index is 0.0319. The van der Waals surface area contributed by atoms with E-state index in [4.69, 9.17) is 0 Å². The zero-order valence-electron chi connectivity index (χ0n) is 11.4. The van der Waals surface area contributed by atoms with Crippen LogP contribution in [0.1, 0.15) is 56.4 Å². The summed E-state index contributed by atoms with van der Waals surface area (Å²) < 4.78 is 0. The molecule has 3 heteroatoms. The monoisotopic (exact) mass is 246 g/mol. The third-order valence-corrected chi connectivity index (χ3v) is 3.79. The van der Waals surface area contributed by atoms with E-state index in [9.17, 15) is 4.79 Å². The molecule has 1 aliphatic heterocycles. The number of nitrogens with zero attached hydrogens (tertiary/aromatic N) is 2. The van der Waals surface area contributed by atoms with E-state index in [1.54, 1.807) is 6.92 Å². The normalized spacial score (nSPS) is 20.6. The molecule has 0 N–H and O–H groups in total. The summed E-state index contributed by atoms with van der Waals surface area (Å²) in [6, 6.07) is 4.50. The van der Waals surface area contributed by atoms with Gasteiger partial charge in [-0.1, -0.05) is 19.8 Å². The van der Waals surface area contributed by atoms with Gasteiger partial charge in [-0.05, 0) is 31.4 Å². The number of hydrogen-bond donors (Lipinski definition) is 0. The van der Waals surface area contributed by atoms with Crippen LogP contribution >= 0.6 is 0 Å². The van der Waals surface area contributed by atoms with E-state index in [2.05, 4.69) is 16.8 Å². The highest BCUT2D eigenvalue weighted by Gasteiger charge is 2.19. The molecule has 0 spiro atoms. The summed E-state index contributed by atoms with van der Waals surface area (Å²) in [5, 5.41) is 0. The first-order valence-electron chi connectivity index (χ1n) is 6.96. The van der Waals surface area contributed by atoms with Crippen LogP contribution in [0.3, 0.4) is 0 Å². The molecular weight excluding hydrogens is 224 g/mol. The molecule has 1 atom stereocenters. The molecule has 3 nitrogen and oxygen atoms in total. The fourth-order valence-corrected chi connectivity index (χ4v) is 2.71. The first-order valence-corrected chi connectivity index (χ1v) is 6.96. The molecule has 98 valence electrons.